The standard InChI is InChI=1S/C21H24N6O4S/c1-3-12-6-13(8-23-19(12)31-21(22)30)25-18(28)20(29)27-10-11(2)4-5-15(27)16-7-14-17(32-16)9-24-26-14/h6-9,11,15H,3-5,10H2,1-2H3,(H2,22,30)(H,24,26)(H,25,28). The summed E-state index contributed by atoms with van der Waals surface area (Å²) >= 11 is 1.58. The van der Waals surface area contributed by atoms with E-state index in [4.69, 9.17) is 10.5 Å². The number of aromatic nitrogens is 3. The Balaban J connectivity index is 1.52. The predicted molar refractivity (Wildman–Crippen MR) is 119 cm³/mol. The maximum atomic E-state index is 13.1. The first kappa shape index (κ1) is 21.8. The van der Waals surface area contributed by atoms with Crippen LogP contribution in [0.25, 0.3) is 10.2 Å². The number of nitrogens with one attached hydrogen (secondary N) is 2. The van der Waals surface area contributed by atoms with Crippen LogP contribution in [0.2, 0.25) is 0 Å². The zero-order valence-corrected chi connectivity index (χ0v) is 18.6. The molecule has 0 bridgehead atoms. The van der Waals surface area contributed by atoms with Gasteiger partial charge in [0.1, 0.15) is 0 Å². The van der Waals surface area contributed by atoms with E-state index in [1.807, 2.05) is 13.0 Å². The van der Waals surface area contributed by atoms with E-state index in [1.54, 1.807) is 28.5 Å². The first-order chi connectivity index (χ1) is 15.4. The summed E-state index contributed by atoms with van der Waals surface area (Å²) in [5.41, 5.74) is 6.91. The van der Waals surface area contributed by atoms with Crippen LogP contribution in [0.3, 0.4) is 0 Å². The number of piperidine rings is 1. The van der Waals surface area contributed by atoms with Crippen molar-refractivity contribution in [1.82, 2.24) is 20.1 Å². The highest BCUT2D eigenvalue weighted by molar-refractivity contribution is 7.19. The second kappa shape index (κ2) is 8.95. The highest BCUT2D eigenvalue weighted by Gasteiger charge is 2.35. The Kier molecular flexibility index (Phi) is 6.08. The number of carbonyl (C=O) groups is 3. The van der Waals surface area contributed by atoms with E-state index in [-0.39, 0.29) is 11.9 Å². The van der Waals surface area contributed by atoms with Gasteiger partial charge in [-0.25, -0.2) is 9.78 Å². The summed E-state index contributed by atoms with van der Waals surface area (Å²) in [6.45, 7) is 4.43. The summed E-state index contributed by atoms with van der Waals surface area (Å²) in [7, 11) is 0. The molecule has 2 unspecified atom stereocenters. The van der Waals surface area contributed by atoms with Crippen molar-refractivity contribution < 1.29 is 19.1 Å². The first-order valence-corrected chi connectivity index (χ1v) is 11.2. The van der Waals surface area contributed by atoms with Gasteiger partial charge in [-0.2, -0.15) is 5.10 Å². The third-order valence-electron chi connectivity index (χ3n) is 5.51. The molecule has 1 saturated heterocycles. The second-order valence-electron chi connectivity index (χ2n) is 7.87. The molecular formula is C21H24N6O4S. The van der Waals surface area contributed by atoms with Gasteiger partial charge >= 0.3 is 17.9 Å². The third kappa shape index (κ3) is 4.42. The molecule has 1 aliphatic rings. The van der Waals surface area contributed by atoms with Gasteiger partial charge in [-0.15, -0.1) is 11.3 Å². The maximum absolute atomic E-state index is 13.1. The molecule has 0 saturated carbocycles. The van der Waals surface area contributed by atoms with Crippen molar-refractivity contribution in [1.29, 1.82) is 0 Å². The molecule has 2 atom stereocenters. The Labute approximate surface area is 188 Å². The van der Waals surface area contributed by atoms with E-state index in [0.29, 0.717) is 30.1 Å². The number of pyridine rings is 1. The molecule has 11 heteroatoms. The topological polar surface area (TPSA) is 143 Å². The van der Waals surface area contributed by atoms with Gasteiger partial charge in [0, 0.05) is 17.0 Å². The lowest BCUT2D eigenvalue weighted by Crippen LogP contribution is -2.46. The number of nitrogens with zero attached hydrogens (tertiary/aromatic N) is 3. The van der Waals surface area contributed by atoms with Gasteiger partial charge in [-0.05, 0) is 37.3 Å². The van der Waals surface area contributed by atoms with Crippen LogP contribution in [0.15, 0.2) is 24.5 Å². The monoisotopic (exact) mass is 456 g/mol. The largest absolute Gasteiger partial charge is 0.411 e. The molecule has 1 fully saturated rings. The number of hydrogen-bond acceptors (Lipinski definition) is 7. The number of H-pyrrole nitrogens is 1. The van der Waals surface area contributed by atoms with Gasteiger partial charge in [-0.1, -0.05) is 13.8 Å². The Morgan fingerprint density at radius 1 is 1.31 bits per heavy atom. The molecule has 1 aliphatic heterocycles. The lowest BCUT2D eigenvalue weighted by molar-refractivity contribution is -0.146. The number of anilines is 1. The number of aryl methyl sites for hydroxylation is 1. The zero-order valence-electron chi connectivity index (χ0n) is 17.8. The second-order valence-corrected chi connectivity index (χ2v) is 8.98. The number of ether oxygens (including phenoxy) is 1. The number of thiophene rings is 1. The number of carbonyl (C=O) groups excluding carboxylic acids is 3. The van der Waals surface area contributed by atoms with Crippen LogP contribution in [0.1, 0.15) is 43.2 Å². The van der Waals surface area contributed by atoms with Crippen LogP contribution in [0, 0.1) is 5.92 Å². The smallest absolute Gasteiger partial charge is 0.391 e. The van der Waals surface area contributed by atoms with Crippen molar-refractivity contribution in [2.45, 2.75) is 39.2 Å². The lowest BCUT2D eigenvalue weighted by atomic mass is 9.93. The summed E-state index contributed by atoms with van der Waals surface area (Å²) < 4.78 is 5.89. The average Bonchev–Trinajstić information content (AvgIpc) is 3.36. The third-order valence-corrected chi connectivity index (χ3v) is 6.68. The summed E-state index contributed by atoms with van der Waals surface area (Å²) in [5, 5.41) is 9.60. The van der Waals surface area contributed by atoms with Crippen molar-refractivity contribution in [3.63, 3.8) is 0 Å². The number of likely N-dealkylation sites (tertiary alicyclic amines) is 1. The number of hydrogen-bond donors (Lipinski definition) is 3. The quantitative estimate of drug-likeness (QED) is 0.515. The maximum Gasteiger partial charge on any atom is 0.411 e. The summed E-state index contributed by atoms with van der Waals surface area (Å²) in [6, 6.07) is 3.45. The van der Waals surface area contributed by atoms with Gasteiger partial charge in [0.25, 0.3) is 0 Å². The van der Waals surface area contributed by atoms with Crippen LogP contribution in [-0.2, 0) is 16.0 Å². The summed E-state index contributed by atoms with van der Waals surface area (Å²) in [5.74, 6) is -0.946. The highest BCUT2D eigenvalue weighted by atomic mass is 32.1. The SMILES string of the molecule is CCc1cc(NC(=O)C(=O)N2CC(C)CCC2c2cc3[nH]ncc3s2)cnc1OC(N)=O. The van der Waals surface area contributed by atoms with Crippen LogP contribution in [0.4, 0.5) is 10.5 Å². The van der Waals surface area contributed by atoms with Gasteiger partial charge in [-0.3, -0.25) is 14.7 Å². The molecule has 0 aromatic carbocycles. The number of fused-ring (bicyclic) bond motifs is 1. The Morgan fingerprint density at radius 3 is 2.84 bits per heavy atom. The summed E-state index contributed by atoms with van der Waals surface area (Å²) in [4.78, 5) is 43.7. The number of rotatable bonds is 4. The van der Waals surface area contributed by atoms with Gasteiger partial charge < -0.3 is 20.7 Å². The van der Waals surface area contributed by atoms with E-state index < -0.39 is 17.9 Å². The van der Waals surface area contributed by atoms with Crippen molar-refractivity contribution in [3.8, 4) is 5.88 Å². The molecule has 4 heterocycles. The van der Waals surface area contributed by atoms with E-state index in [0.717, 1.165) is 27.9 Å². The predicted octanol–water partition coefficient (Wildman–Crippen LogP) is 2.98. The Morgan fingerprint density at radius 2 is 2.12 bits per heavy atom. The van der Waals surface area contributed by atoms with Crippen molar-refractivity contribution in [2.24, 2.45) is 11.7 Å². The number of primary amides is 1. The first-order valence-electron chi connectivity index (χ1n) is 10.4. The molecule has 0 spiro atoms. The molecule has 3 aromatic heterocycles. The fourth-order valence-electron chi connectivity index (χ4n) is 3.93. The van der Waals surface area contributed by atoms with Gasteiger partial charge in [0.2, 0.25) is 5.88 Å². The minimum absolute atomic E-state index is 0.0807. The minimum Gasteiger partial charge on any atom is -0.391 e. The molecule has 10 nitrogen and oxygen atoms in total. The fourth-order valence-corrected chi connectivity index (χ4v) is 5.06. The molecule has 3 amide bonds. The molecule has 4 N–H and O–H groups in total. The van der Waals surface area contributed by atoms with Crippen molar-refractivity contribution in [3.05, 3.63) is 35.0 Å². The van der Waals surface area contributed by atoms with E-state index >= 15 is 0 Å². The Hall–Kier alpha value is -3.47. The molecular weight excluding hydrogens is 432 g/mol. The molecule has 168 valence electrons. The van der Waals surface area contributed by atoms with Gasteiger partial charge in [0.15, 0.2) is 0 Å². The van der Waals surface area contributed by atoms with Crippen LogP contribution < -0.4 is 15.8 Å². The fraction of sp³-hybridized carbons (Fsp3) is 0.381. The number of nitrogens with two attached hydrogens (primary N) is 1. The van der Waals surface area contributed by atoms with Gasteiger partial charge in [0.05, 0.1) is 34.3 Å². The molecule has 3 aromatic rings. The van der Waals surface area contributed by atoms with E-state index in [1.165, 1.54) is 6.20 Å². The normalized spacial score (nSPS) is 18.5. The highest BCUT2D eigenvalue weighted by Crippen LogP contribution is 2.38. The van der Waals surface area contributed by atoms with E-state index in [2.05, 4.69) is 27.4 Å². The minimum atomic E-state index is -0.967. The molecule has 32 heavy (non-hydrogen) atoms. The lowest BCUT2D eigenvalue weighted by Gasteiger charge is -2.37. The summed E-state index contributed by atoms with van der Waals surface area (Å²) in [6.07, 6.45) is 4.39. The zero-order chi connectivity index (χ0) is 22.8. The molecule has 0 radical (unpaired) electrons. The molecule has 0 aliphatic carbocycles. The number of aromatic amines is 1. The van der Waals surface area contributed by atoms with E-state index in [9.17, 15) is 14.4 Å². The van der Waals surface area contributed by atoms with Crippen LogP contribution in [-0.4, -0.2) is 44.5 Å². The Bertz CT molecular complexity index is 1140. The van der Waals surface area contributed by atoms with Crippen LogP contribution in [0.5, 0.6) is 5.88 Å². The van der Waals surface area contributed by atoms with Crippen molar-refractivity contribution >= 4 is 45.1 Å². The number of amides is 3. The molecule has 4 rings (SSSR count). The van der Waals surface area contributed by atoms with Crippen LogP contribution >= 0.6 is 11.3 Å². The van der Waals surface area contributed by atoms with Crippen molar-refractivity contribution in [2.75, 3.05) is 11.9 Å². The average molecular weight is 457 g/mol.